The molecule has 0 bridgehead atoms. The maximum atomic E-state index is 13.7. The lowest BCUT2D eigenvalue weighted by Gasteiger charge is -2.26. The topological polar surface area (TPSA) is 71.8 Å². The van der Waals surface area contributed by atoms with Gasteiger partial charge < -0.3 is 10.6 Å². The fraction of sp³-hybridized carbons (Fsp3) is 0.0455. The smallest absolute Gasteiger partial charge is 0.201 e. The largest absolute Gasteiger partial charge is 0.369 e. The van der Waals surface area contributed by atoms with Crippen LogP contribution in [-0.4, -0.2) is 27.3 Å². The summed E-state index contributed by atoms with van der Waals surface area (Å²) in [5, 5.41) is 8.92. The van der Waals surface area contributed by atoms with Gasteiger partial charge in [-0.3, -0.25) is 0 Å². The molecule has 2 aromatic carbocycles. The fourth-order valence-corrected chi connectivity index (χ4v) is 3.49. The van der Waals surface area contributed by atoms with Crippen molar-refractivity contribution >= 4 is 22.9 Å². The number of halogens is 2. The summed E-state index contributed by atoms with van der Waals surface area (Å²) in [6.07, 6.45) is 3.55. The molecule has 0 spiro atoms. The van der Waals surface area contributed by atoms with Crippen molar-refractivity contribution in [3.63, 3.8) is 0 Å². The molecule has 30 heavy (non-hydrogen) atoms. The van der Waals surface area contributed by atoms with Crippen LogP contribution in [0.4, 0.5) is 14.5 Å². The van der Waals surface area contributed by atoms with Crippen molar-refractivity contribution in [3.05, 3.63) is 90.1 Å². The quantitative estimate of drug-likeness (QED) is 0.565. The molecule has 0 amide bonds. The first-order valence-electron chi connectivity index (χ1n) is 9.28. The Morgan fingerprint density at radius 2 is 1.77 bits per heavy atom. The van der Waals surface area contributed by atoms with Crippen LogP contribution < -0.4 is 10.6 Å². The Morgan fingerprint density at radius 3 is 2.53 bits per heavy atom. The van der Waals surface area contributed by atoms with E-state index >= 15 is 0 Å². The summed E-state index contributed by atoms with van der Waals surface area (Å²) in [6, 6.07) is 17.1. The van der Waals surface area contributed by atoms with E-state index in [0.717, 1.165) is 34.5 Å². The summed E-state index contributed by atoms with van der Waals surface area (Å²) in [7, 11) is 0. The molecule has 0 aliphatic carbocycles. The Bertz CT molecular complexity index is 1310. The maximum absolute atomic E-state index is 13.7. The van der Waals surface area contributed by atoms with E-state index in [1.807, 2.05) is 48.5 Å². The molecule has 0 unspecified atom stereocenters. The van der Waals surface area contributed by atoms with Crippen LogP contribution in [0.25, 0.3) is 22.5 Å². The summed E-state index contributed by atoms with van der Waals surface area (Å²) in [5.41, 5.74) is 10.5. The van der Waals surface area contributed by atoms with Crippen LogP contribution in [0, 0.1) is 11.6 Å². The third-order valence-electron chi connectivity index (χ3n) is 4.92. The predicted molar refractivity (Wildman–Crippen MR) is 112 cm³/mol. The van der Waals surface area contributed by atoms with Gasteiger partial charge in [-0.2, -0.15) is 9.73 Å². The molecule has 2 aromatic heterocycles. The van der Waals surface area contributed by atoms with Crippen molar-refractivity contribution in [2.24, 2.45) is 10.7 Å². The van der Waals surface area contributed by atoms with E-state index in [9.17, 15) is 8.78 Å². The van der Waals surface area contributed by atoms with Gasteiger partial charge in [0.05, 0.1) is 16.8 Å². The number of hydrogen-bond donors (Lipinski definition) is 1. The lowest BCUT2D eigenvalue weighted by Crippen LogP contribution is -2.39. The third kappa shape index (κ3) is 2.98. The fourth-order valence-electron chi connectivity index (χ4n) is 3.49. The van der Waals surface area contributed by atoms with E-state index in [1.54, 1.807) is 15.7 Å². The molecule has 5 rings (SSSR count). The number of aliphatic imine (C=N–C) groups is 1. The Labute approximate surface area is 170 Å². The van der Waals surface area contributed by atoms with Gasteiger partial charge in [0.1, 0.15) is 5.69 Å². The van der Waals surface area contributed by atoms with Crippen LogP contribution in [0.3, 0.4) is 0 Å². The summed E-state index contributed by atoms with van der Waals surface area (Å²) in [4.78, 5) is 6.16. The summed E-state index contributed by atoms with van der Waals surface area (Å²) in [5.74, 6) is -1.66. The van der Waals surface area contributed by atoms with Gasteiger partial charge in [-0.1, -0.05) is 30.3 Å². The number of hydrogen-bond acceptors (Lipinski definition) is 5. The number of anilines is 1. The van der Waals surface area contributed by atoms with Gasteiger partial charge in [0, 0.05) is 30.1 Å². The molecule has 148 valence electrons. The van der Waals surface area contributed by atoms with Crippen LogP contribution in [0.15, 0.2) is 77.9 Å². The standard InChI is InChI=1S/C22H16F2N6/c23-16-9-8-15(13-17(16)24)29-12-10-18(27-22(29)25)20-19-7-4-11-26-30(19)28-21(20)14-5-2-1-3-6-14/h1-11,13H,12H2,(H2,25,27). The van der Waals surface area contributed by atoms with Gasteiger partial charge in [-0.15, -0.1) is 5.10 Å². The lowest BCUT2D eigenvalue weighted by molar-refractivity contribution is 0.509. The molecule has 6 nitrogen and oxygen atoms in total. The first-order chi connectivity index (χ1) is 14.6. The van der Waals surface area contributed by atoms with E-state index in [0.29, 0.717) is 17.9 Å². The molecular formula is C22H16F2N6. The molecular weight excluding hydrogens is 386 g/mol. The zero-order valence-electron chi connectivity index (χ0n) is 15.7. The highest BCUT2D eigenvalue weighted by molar-refractivity contribution is 6.02. The third-order valence-corrected chi connectivity index (χ3v) is 4.92. The van der Waals surface area contributed by atoms with Crippen molar-refractivity contribution < 1.29 is 8.78 Å². The van der Waals surface area contributed by atoms with E-state index < -0.39 is 11.6 Å². The van der Waals surface area contributed by atoms with Crippen molar-refractivity contribution in [3.8, 4) is 11.3 Å². The van der Waals surface area contributed by atoms with Gasteiger partial charge in [-0.05, 0) is 30.3 Å². The minimum atomic E-state index is -0.935. The molecule has 0 radical (unpaired) electrons. The van der Waals surface area contributed by atoms with Gasteiger partial charge in [-0.25, -0.2) is 13.8 Å². The van der Waals surface area contributed by atoms with Crippen LogP contribution in [0.5, 0.6) is 0 Å². The Morgan fingerprint density at radius 1 is 0.933 bits per heavy atom. The molecule has 8 heteroatoms. The molecule has 0 atom stereocenters. The monoisotopic (exact) mass is 402 g/mol. The maximum Gasteiger partial charge on any atom is 0.201 e. The van der Waals surface area contributed by atoms with E-state index in [2.05, 4.69) is 15.2 Å². The molecule has 0 saturated carbocycles. The highest BCUT2D eigenvalue weighted by atomic mass is 19.2. The van der Waals surface area contributed by atoms with Gasteiger partial charge in [0.2, 0.25) is 5.96 Å². The molecule has 0 fully saturated rings. The predicted octanol–water partition coefficient (Wildman–Crippen LogP) is 3.85. The number of benzene rings is 2. The number of nitrogens with two attached hydrogens (primary N) is 1. The van der Waals surface area contributed by atoms with Crippen molar-refractivity contribution in [1.82, 2.24) is 14.8 Å². The normalized spacial score (nSPS) is 14.0. The summed E-state index contributed by atoms with van der Waals surface area (Å²) < 4.78 is 28.5. The number of nitrogens with zero attached hydrogens (tertiary/aromatic N) is 5. The molecule has 4 aromatic rings. The zero-order valence-corrected chi connectivity index (χ0v) is 15.7. The second-order valence-electron chi connectivity index (χ2n) is 6.76. The highest BCUT2D eigenvalue weighted by Crippen LogP contribution is 2.34. The summed E-state index contributed by atoms with van der Waals surface area (Å²) in [6.45, 7) is 0.349. The minimum absolute atomic E-state index is 0.181. The SMILES string of the molecule is NC1=NC(c2c(-c3ccccc3)nn3ncccc23)=CCN1c1ccc(F)c(F)c1. The number of guanidine groups is 1. The second-order valence-corrected chi connectivity index (χ2v) is 6.76. The second kappa shape index (κ2) is 7.07. The first-order valence-corrected chi connectivity index (χ1v) is 9.28. The average molecular weight is 402 g/mol. The van der Waals surface area contributed by atoms with Crippen molar-refractivity contribution in [2.45, 2.75) is 0 Å². The molecule has 1 aliphatic rings. The van der Waals surface area contributed by atoms with Gasteiger partial charge in [0.25, 0.3) is 0 Å². The van der Waals surface area contributed by atoms with E-state index in [4.69, 9.17) is 5.73 Å². The van der Waals surface area contributed by atoms with Crippen molar-refractivity contribution in [1.29, 1.82) is 0 Å². The number of aromatic nitrogens is 3. The Balaban J connectivity index is 1.60. The zero-order chi connectivity index (χ0) is 20.7. The van der Waals surface area contributed by atoms with Crippen LogP contribution in [0.2, 0.25) is 0 Å². The van der Waals surface area contributed by atoms with Gasteiger partial charge >= 0.3 is 0 Å². The van der Waals surface area contributed by atoms with Crippen LogP contribution >= 0.6 is 0 Å². The molecule has 1 aliphatic heterocycles. The number of fused-ring (bicyclic) bond motifs is 1. The highest BCUT2D eigenvalue weighted by Gasteiger charge is 2.23. The molecule has 2 N–H and O–H groups in total. The van der Waals surface area contributed by atoms with Gasteiger partial charge in [0.15, 0.2) is 11.6 Å². The number of rotatable bonds is 3. The first kappa shape index (κ1) is 18.0. The molecule has 0 saturated heterocycles. The minimum Gasteiger partial charge on any atom is -0.369 e. The Kier molecular flexibility index (Phi) is 4.24. The van der Waals surface area contributed by atoms with E-state index in [-0.39, 0.29) is 5.96 Å². The Hall–Kier alpha value is -4.07. The van der Waals surface area contributed by atoms with E-state index in [1.165, 1.54) is 6.07 Å². The van der Waals surface area contributed by atoms with Crippen LogP contribution in [-0.2, 0) is 0 Å². The average Bonchev–Trinajstić information content (AvgIpc) is 3.16. The summed E-state index contributed by atoms with van der Waals surface area (Å²) >= 11 is 0. The van der Waals surface area contributed by atoms with Crippen LogP contribution in [0.1, 0.15) is 5.56 Å². The lowest BCUT2D eigenvalue weighted by atomic mass is 10.0. The van der Waals surface area contributed by atoms with Crippen molar-refractivity contribution in [2.75, 3.05) is 11.4 Å². The molecule has 3 heterocycles.